The lowest BCUT2D eigenvalue weighted by Crippen LogP contribution is -2.54. The zero-order valence-electron chi connectivity index (χ0n) is 15.9. The van der Waals surface area contributed by atoms with E-state index < -0.39 is 0 Å². The largest absolute Gasteiger partial charge is 0.352 e. The Kier molecular flexibility index (Phi) is 9.02. The molecule has 1 aliphatic heterocycles. The first kappa shape index (κ1) is 21.6. The summed E-state index contributed by atoms with van der Waals surface area (Å²) in [7, 11) is 1.76. The van der Waals surface area contributed by atoms with E-state index in [1.807, 2.05) is 6.07 Å². The summed E-state index contributed by atoms with van der Waals surface area (Å²) < 4.78 is 0. The first-order chi connectivity index (χ1) is 12.8. The van der Waals surface area contributed by atoms with Crippen molar-refractivity contribution in [2.24, 2.45) is 4.99 Å². The van der Waals surface area contributed by atoms with Crippen molar-refractivity contribution in [2.75, 3.05) is 44.7 Å². The maximum Gasteiger partial charge on any atom is 0.239 e. The van der Waals surface area contributed by atoms with Crippen molar-refractivity contribution in [2.45, 2.75) is 38.1 Å². The van der Waals surface area contributed by atoms with Crippen molar-refractivity contribution in [3.63, 3.8) is 0 Å². The van der Waals surface area contributed by atoms with E-state index in [1.165, 1.54) is 19.3 Å². The predicted molar refractivity (Wildman–Crippen MR) is 118 cm³/mol. The molecule has 0 radical (unpaired) electrons. The molecular formula is C18H30IN7O. The number of guanidine groups is 1. The molecule has 2 fully saturated rings. The van der Waals surface area contributed by atoms with Gasteiger partial charge in [-0.2, -0.15) is 0 Å². The highest BCUT2D eigenvalue weighted by molar-refractivity contribution is 14.0. The van der Waals surface area contributed by atoms with Gasteiger partial charge < -0.3 is 20.4 Å². The Morgan fingerprint density at radius 2 is 1.81 bits per heavy atom. The van der Waals surface area contributed by atoms with Gasteiger partial charge in [0.05, 0.1) is 6.54 Å². The van der Waals surface area contributed by atoms with Crippen LogP contribution in [0.3, 0.4) is 0 Å². The molecule has 9 heteroatoms. The van der Waals surface area contributed by atoms with Crippen molar-refractivity contribution in [3.05, 3.63) is 18.5 Å². The second-order valence-electron chi connectivity index (χ2n) is 6.83. The SMILES string of the molecule is CN=C(NCC(=O)NC1CCCCC1)N1CCN(c2ncccn2)CC1.I. The zero-order chi connectivity index (χ0) is 18.2. The third-order valence-electron chi connectivity index (χ3n) is 5.00. The number of halogens is 1. The molecule has 1 saturated heterocycles. The molecule has 27 heavy (non-hydrogen) atoms. The average molecular weight is 487 g/mol. The molecule has 8 nitrogen and oxygen atoms in total. The summed E-state index contributed by atoms with van der Waals surface area (Å²) in [5, 5.41) is 6.33. The fourth-order valence-electron chi connectivity index (χ4n) is 3.59. The van der Waals surface area contributed by atoms with Gasteiger partial charge in [-0.15, -0.1) is 24.0 Å². The van der Waals surface area contributed by atoms with Gasteiger partial charge in [0.2, 0.25) is 11.9 Å². The Labute approximate surface area is 178 Å². The van der Waals surface area contributed by atoms with Gasteiger partial charge in [-0.05, 0) is 18.9 Å². The minimum absolute atomic E-state index is 0. The molecule has 1 saturated carbocycles. The summed E-state index contributed by atoms with van der Waals surface area (Å²) in [6.07, 6.45) is 9.45. The number of nitrogens with zero attached hydrogens (tertiary/aromatic N) is 5. The van der Waals surface area contributed by atoms with Gasteiger partial charge in [-0.3, -0.25) is 9.79 Å². The normalized spacial score (nSPS) is 18.6. The standard InChI is InChI=1S/C18H29N7O.HI/c1-19-17(22-14-16(26)23-15-6-3-2-4-7-15)24-10-12-25(13-11-24)18-20-8-5-9-21-18;/h5,8-9,15H,2-4,6-7,10-14H2,1H3,(H,19,22)(H,23,26);1H. The van der Waals surface area contributed by atoms with Gasteiger partial charge in [0.1, 0.15) is 0 Å². The van der Waals surface area contributed by atoms with Crippen LogP contribution < -0.4 is 15.5 Å². The lowest BCUT2D eigenvalue weighted by molar-refractivity contribution is -0.120. The fraction of sp³-hybridized carbons (Fsp3) is 0.667. The van der Waals surface area contributed by atoms with E-state index in [1.54, 1.807) is 19.4 Å². The highest BCUT2D eigenvalue weighted by Gasteiger charge is 2.22. The molecule has 2 heterocycles. The number of amides is 1. The second kappa shape index (κ2) is 11.3. The Morgan fingerprint density at radius 3 is 2.44 bits per heavy atom. The smallest absolute Gasteiger partial charge is 0.239 e. The lowest BCUT2D eigenvalue weighted by Gasteiger charge is -2.36. The molecule has 2 aliphatic rings. The Morgan fingerprint density at radius 1 is 1.15 bits per heavy atom. The van der Waals surface area contributed by atoms with Crippen molar-refractivity contribution in [1.82, 2.24) is 25.5 Å². The first-order valence-corrected chi connectivity index (χ1v) is 9.53. The topological polar surface area (TPSA) is 85.8 Å². The van der Waals surface area contributed by atoms with Crippen LogP contribution in [0, 0.1) is 0 Å². The van der Waals surface area contributed by atoms with Gasteiger partial charge in [0.25, 0.3) is 0 Å². The summed E-state index contributed by atoms with van der Waals surface area (Å²) in [6, 6.07) is 2.17. The molecule has 0 aromatic carbocycles. The van der Waals surface area contributed by atoms with E-state index in [0.717, 1.165) is 50.9 Å². The van der Waals surface area contributed by atoms with E-state index in [0.29, 0.717) is 6.04 Å². The number of hydrogen-bond acceptors (Lipinski definition) is 5. The van der Waals surface area contributed by atoms with Gasteiger partial charge in [0.15, 0.2) is 5.96 Å². The van der Waals surface area contributed by atoms with Gasteiger partial charge in [-0.1, -0.05) is 19.3 Å². The van der Waals surface area contributed by atoms with Gasteiger partial charge >= 0.3 is 0 Å². The molecule has 3 rings (SSSR count). The molecule has 2 N–H and O–H groups in total. The van der Waals surface area contributed by atoms with E-state index in [9.17, 15) is 4.79 Å². The minimum atomic E-state index is 0. The Bertz CT molecular complexity index is 599. The predicted octanol–water partition coefficient (Wildman–Crippen LogP) is 1.24. The van der Waals surface area contributed by atoms with Crippen LogP contribution in [0.5, 0.6) is 0 Å². The third kappa shape index (κ3) is 6.47. The van der Waals surface area contributed by atoms with Crippen molar-refractivity contribution in [1.29, 1.82) is 0 Å². The number of carbonyl (C=O) groups excluding carboxylic acids is 1. The van der Waals surface area contributed by atoms with E-state index in [4.69, 9.17) is 0 Å². The monoisotopic (exact) mass is 487 g/mol. The Hall–Kier alpha value is -1.65. The molecule has 0 spiro atoms. The van der Waals surface area contributed by atoms with Crippen molar-refractivity contribution in [3.8, 4) is 0 Å². The van der Waals surface area contributed by atoms with Gasteiger partial charge in [-0.25, -0.2) is 9.97 Å². The fourth-order valence-corrected chi connectivity index (χ4v) is 3.59. The molecule has 1 aromatic heterocycles. The van der Waals surface area contributed by atoms with E-state index in [-0.39, 0.29) is 36.4 Å². The van der Waals surface area contributed by atoms with Crippen LogP contribution in [0.2, 0.25) is 0 Å². The van der Waals surface area contributed by atoms with Crippen LogP contribution in [-0.2, 0) is 4.79 Å². The van der Waals surface area contributed by atoms with Crippen LogP contribution in [0.15, 0.2) is 23.5 Å². The molecule has 1 amide bonds. The van der Waals surface area contributed by atoms with Crippen molar-refractivity contribution < 1.29 is 4.79 Å². The number of carbonyl (C=O) groups is 1. The number of hydrogen-bond donors (Lipinski definition) is 2. The highest BCUT2D eigenvalue weighted by Crippen LogP contribution is 2.17. The van der Waals surface area contributed by atoms with Gasteiger partial charge in [0, 0.05) is 51.7 Å². The number of aliphatic imine (C=N–C) groups is 1. The van der Waals surface area contributed by atoms with Crippen LogP contribution >= 0.6 is 24.0 Å². The molecule has 0 bridgehead atoms. The average Bonchev–Trinajstić information content (AvgIpc) is 2.70. The quantitative estimate of drug-likeness (QED) is 0.378. The molecule has 0 unspecified atom stereocenters. The zero-order valence-corrected chi connectivity index (χ0v) is 18.3. The van der Waals surface area contributed by atoms with E-state index in [2.05, 4.69) is 35.4 Å². The number of anilines is 1. The van der Waals surface area contributed by atoms with Crippen molar-refractivity contribution >= 4 is 41.8 Å². The second-order valence-corrected chi connectivity index (χ2v) is 6.83. The third-order valence-corrected chi connectivity index (χ3v) is 5.00. The van der Waals surface area contributed by atoms with Crippen LogP contribution in [-0.4, -0.2) is 72.5 Å². The lowest BCUT2D eigenvalue weighted by atomic mass is 9.95. The summed E-state index contributed by atoms with van der Waals surface area (Å²) in [5.74, 6) is 1.59. The maximum atomic E-state index is 12.2. The summed E-state index contributed by atoms with van der Waals surface area (Å²) >= 11 is 0. The number of piperazine rings is 1. The van der Waals surface area contributed by atoms with Crippen LogP contribution in [0.4, 0.5) is 5.95 Å². The summed E-state index contributed by atoms with van der Waals surface area (Å²) in [5.41, 5.74) is 0. The Balaban J connectivity index is 0.00000261. The molecule has 150 valence electrons. The molecule has 1 aliphatic carbocycles. The highest BCUT2D eigenvalue weighted by atomic mass is 127. The molecule has 0 atom stereocenters. The minimum Gasteiger partial charge on any atom is -0.352 e. The van der Waals surface area contributed by atoms with Crippen LogP contribution in [0.25, 0.3) is 0 Å². The first-order valence-electron chi connectivity index (χ1n) is 9.53. The number of rotatable bonds is 4. The summed E-state index contributed by atoms with van der Waals surface area (Å²) in [6.45, 7) is 3.58. The number of aromatic nitrogens is 2. The molecular weight excluding hydrogens is 457 g/mol. The van der Waals surface area contributed by atoms with Crippen LogP contribution in [0.1, 0.15) is 32.1 Å². The molecule has 1 aromatic rings. The van der Waals surface area contributed by atoms with E-state index >= 15 is 0 Å². The summed E-state index contributed by atoms with van der Waals surface area (Å²) in [4.78, 5) is 29.5. The number of nitrogens with one attached hydrogen (secondary N) is 2. The maximum absolute atomic E-state index is 12.2.